The summed E-state index contributed by atoms with van der Waals surface area (Å²) >= 11 is 0. The quantitative estimate of drug-likeness (QED) is 0.783. The predicted octanol–water partition coefficient (Wildman–Crippen LogP) is 3.21. The van der Waals surface area contributed by atoms with Crippen LogP contribution < -0.4 is 10.1 Å². The summed E-state index contributed by atoms with van der Waals surface area (Å²) in [5.74, 6) is -0.282. The van der Waals surface area contributed by atoms with Crippen LogP contribution in [0.1, 0.15) is 21.9 Å². The van der Waals surface area contributed by atoms with E-state index < -0.39 is 5.97 Å². The number of aryl methyl sites for hydroxylation is 1. The van der Waals surface area contributed by atoms with Crippen LogP contribution in [0.4, 0.5) is 5.69 Å². The second-order valence-corrected chi connectivity index (χ2v) is 4.76. The Kier molecular flexibility index (Phi) is 5.22. The summed E-state index contributed by atoms with van der Waals surface area (Å²) in [5.41, 5.74) is 1.56. The fraction of sp³-hybridized carbons (Fsp3) is 0.118. The molecule has 7 nitrogen and oxygen atoms in total. The summed E-state index contributed by atoms with van der Waals surface area (Å²) in [6.07, 6.45) is 1.33. The van der Waals surface area contributed by atoms with Crippen molar-refractivity contribution in [3.63, 3.8) is 0 Å². The van der Waals surface area contributed by atoms with E-state index >= 15 is 0 Å². The summed E-state index contributed by atoms with van der Waals surface area (Å²) in [6, 6.07) is 11.7. The maximum absolute atomic E-state index is 10.7. The molecule has 0 fully saturated rings. The zero-order valence-corrected chi connectivity index (χ0v) is 12.7. The minimum absolute atomic E-state index is 0.0261. The molecule has 0 unspecified atom stereocenters. The summed E-state index contributed by atoms with van der Waals surface area (Å²) in [7, 11) is 0. The maximum atomic E-state index is 10.7. The number of carboxylic acid groups (broad SMARTS) is 1. The largest absolute Gasteiger partial charge is 0.486 e. The van der Waals surface area contributed by atoms with Gasteiger partial charge >= 0.3 is 5.97 Å². The Morgan fingerprint density at radius 3 is 2.67 bits per heavy atom. The number of nitriles is 2. The van der Waals surface area contributed by atoms with Gasteiger partial charge in [-0.1, -0.05) is 0 Å². The van der Waals surface area contributed by atoms with Crippen molar-refractivity contribution in [3.05, 3.63) is 59.2 Å². The van der Waals surface area contributed by atoms with Gasteiger partial charge in [0.2, 0.25) is 5.76 Å². The fourth-order valence-corrected chi connectivity index (χ4v) is 1.85. The average Bonchev–Trinajstić information content (AvgIpc) is 3.04. The van der Waals surface area contributed by atoms with E-state index in [0.717, 1.165) is 11.3 Å². The number of hydrogen-bond acceptors (Lipinski definition) is 6. The number of furan rings is 1. The summed E-state index contributed by atoms with van der Waals surface area (Å²) in [6.45, 7) is 1.95. The Bertz CT molecular complexity index is 853. The van der Waals surface area contributed by atoms with Crippen molar-refractivity contribution in [1.29, 1.82) is 10.5 Å². The molecule has 1 aromatic carbocycles. The highest BCUT2D eigenvalue weighted by Gasteiger charge is 2.09. The third kappa shape index (κ3) is 4.15. The average molecular weight is 323 g/mol. The molecule has 2 aromatic rings. The first kappa shape index (κ1) is 16.7. The Morgan fingerprint density at radius 1 is 1.33 bits per heavy atom. The fourth-order valence-electron chi connectivity index (χ4n) is 1.85. The van der Waals surface area contributed by atoms with Gasteiger partial charge in [0.1, 0.15) is 35.8 Å². The minimum atomic E-state index is -1.13. The van der Waals surface area contributed by atoms with E-state index in [2.05, 4.69) is 5.32 Å². The Labute approximate surface area is 138 Å². The maximum Gasteiger partial charge on any atom is 0.371 e. The normalized spacial score (nSPS) is 9.46. The molecular weight excluding hydrogens is 310 g/mol. The monoisotopic (exact) mass is 323 g/mol. The van der Waals surface area contributed by atoms with Gasteiger partial charge in [0.05, 0.1) is 0 Å². The Balaban J connectivity index is 2.01. The van der Waals surface area contributed by atoms with Crippen LogP contribution in [-0.2, 0) is 6.61 Å². The lowest BCUT2D eigenvalue weighted by molar-refractivity contribution is 0.0658. The zero-order valence-electron chi connectivity index (χ0n) is 12.7. The number of allylic oxidation sites excluding steroid dienone is 1. The molecule has 2 rings (SSSR count). The zero-order chi connectivity index (χ0) is 17.5. The molecule has 7 heteroatoms. The third-order valence-corrected chi connectivity index (χ3v) is 3.06. The second-order valence-electron chi connectivity index (χ2n) is 4.76. The first-order chi connectivity index (χ1) is 11.5. The van der Waals surface area contributed by atoms with Gasteiger partial charge in [-0.25, -0.2) is 4.79 Å². The van der Waals surface area contributed by atoms with E-state index in [1.54, 1.807) is 36.4 Å². The van der Waals surface area contributed by atoms with Gasteiger partial charge in [-0.15, -0.1) is 0 Å². The van der Waals surface area contributed by atoms with Gasteiger partial charge in [0.25, 0.3) is 0 Å². The number of ether oxygens (including phenoxy) is 1. The molecule has 0 aliphatic carbocycles. The molecule has 0 saturated heterocycles. The highest BCUT2D eigenvalue weighted by atomic mass is 16.5. The topological polar surface area (TPSA) is 119 Å². The summed E-state index contributed by atoms with van der Waals surface area (Å²) in [4.78, 5) is 10.7. The molecule has 1 heterocycles. The van der Waals surface area contributed by atoms with Gasteiger partial charge in [0.15, 0.2) is 0 Å². The molecule has 0 bridgehead atoms. The van der Waals surface area contributed by atoms with E-state index in [4.69, 9.17) is 24.8 Å². The first-order valence-corrected chi connectivity index (χ1v) is 6.86. The van der Waals surface area contributed by atoms with Crippen LogP contribution in [0, 0.1) is 29.6 Å². The number of benzene rings is 1. The van der Waals surface area contributed by atoms with Crippen molar-refractivity contribution in [1.82, 2.24) is 0 Å². The minimum Gasteiger partial charge on any atom is -0.486 e. The number of nitrogens with one attached hydrogen (secondary N) is 1. The van der Waals surface area contributed by atoms with Crippen molar-refractivity contribution >= 4 is 11.7 Å². The van der Waals surface area contributed by atoms with Crippen LogP contribution in [-0.4, -0.2) is 11.1 Å². The number of aromatic carboxylic acids is 1. The molecule has 0 radical (unpaired) electrons. The van der Waals surface area contributed by atoms with E-state index in [1.807, 2.05) is 6.92 Å². The van der Waals surface area contributed by atoms with Crippen LogP contribution in [0.3, 0.4) is 0 Å². The summed E-state index contributed by atoms with van der Waals surface area (Å²) in [5, 5.41) is 29.0. The lowest BCUT2D eigenvalue weighted by Crippen LogP contribution is -1.97. The van der Waals surface area contributed by atoms with Gasteiger partial charge < -0.3 is 19.6 Å². The van der Waals surface area contributed by atoms with Gasteiger partial charge in [0, 0.05) is 11.9 Å². The number of carboxylic acids is 1. The van der Waals surface area contributed by atoms with Crippen molar-refractivity contribution < 1.29 is 19.1 Å². The molecule has 0 atom stereocenters. The van der Waals surface area contributed by atoms with E-state index in [1.165, 1.54) is 12.3 Å². The van der Waals surface area contributed by atoms with Gasteiger partial charge in [-0.05, 0) is 42.8 Å². The second kappa shape index (κ2) is 7.52. The number of carbonyl (C=O) groups is 1. The third-order valence-electron chi connectivity index (χ3n) is 3.06. The molecule has 0 aliphatic heterocycles. The molecule has 0 spiro atoms. The smallest absolute Gasteiger partial charge is 0.371 e. The highest BCUT2D eigenvalue weighted by molar-refractivity contribution is 5.84. The van der Waals surface area contributed by atoms with Crippen molar-refractivity contribution in [2.45, 2.75) is 13.5 Å². The number of hydrogen-bond donors (Lipinski definition) is 2. The SMILES string of the molecule is Cc1cc(OCc2ccc(C(=O)O)o2)ccc1NC=C(C#N)C#N. The van der Waals surface area contributed by atoms with Crippen molar-refractivity contribution in [3.8, 4) is 17.9 Å². The molecule has 0 aliphatic rings. The highest BCUT2D eigenvalue weighted by Crippen LogP contribution is 2.22. The standard InChI is InChI=1S/C17H13N3O4/c1-11-6-13(2-4-15(11)20-9-12(7-18)8-19)23-10-14-3-5-16(24-14)17(21)22/h2-6,9,20H,10H2,1H3,(H,21,22). The molecule has 2 N–H and O–H groups in total. The first-order valence-electron chi connectivity index (χ1n) is 6.86. The van der Waals surface area contributed by atoms with Gasteiger partial charge in [-0.2, -0.15) is 10.5 Å². The molecule has 24 heavy (non-hydrogen) atoms. The lowest BCUT2D eigenvalue weighted by atomic mass is 10.2. The number of anilines is 1. The van der Waals surface area contributed by atoms with Crippen molar-refractivity contribution in [2.24, 2.45) is 0 Å². The van der Waals surface area contributed by atoms with Crippen LogP contribution >= 0.6 is 0 Å². The molecule has 120 valence electrons. The predicted molar refractivity (Wildman–Crippen MR) is 84.1 cm³/mol. The molecule has 0 saturated carbocycles. The number of rotatable bonds is 6. The lowest BCUT2D eigenvalue weighted by Gasteiger charge is -2.09. The van der Waals surface area contributed by atoms with E-state index in [0.29, 0.717) is 11.5 Å². The molecule has 1 aromatic heterocycles. The molecule has 0 amide bonds. The van der Waals surface area contributed by atoms with Crippen molar-refractivity contribution in [2.75, 3.05) is 5.32 Å². The van der Waals surface area contributed by atoms with Crippen LogP contribution in [0.15, 0.2) is 46.5 Å². The Morgan fingerprint density at radius 2 is 2.08 bits per heavy atom. The number of nitrogens with zero attached hydrogens (tertiary/aromatic N) is 2. The Hall–Kier alpha value is -3.71. The van der Waals surface area contributed by atoms with Gasteiger partial charge in [-0.3, -0.25) is 0 Å². The van der Waals surface area contributed by atoms with Crippen LogP contribution in [0.25, 0.3) is 0 Å². The van der Waals surface area contributed by atoms with Crippen LogP contribution in [0.2, 0.25) is 0 Å². The molecular formula is C17H13N3O4. The van der Waals surface area contributed by atoms with E-state index in [9.17, 15) is 4.79 Å². The summed E-state index contributed by atoms with van der Waals surface area (Å²) < 4.78 is 10.7. The van der Waals surface area contributed by atoms with E-state index in [-0.39, 0.29) is 17.9 Å². The van der Waals surface area contributed by atoms with Crippen LogP contribution in [0.5, 0.6) is 5.75 Å².